The summed E-state index contributed by atoms with van der Waals surface area (Å²) in [4.78, 5) is 21.3. The van der Waals surface area contributed by atoms with Gasteiger partial charge >= 0.3 is 0 Å². The zero-order valence-corrected chi connectivity index (χ0v) is 20.6. The molecule has 3 aromatic heterocycles. The number of aromatic nitrogens is 5. The molecule has 0 radical (unpaired) electrons. The Morgan fingerprint density at radius 3 is 2.47 bits per heavy atom. The van der Waals surface area contributed by atoms with Gasteiger partial charge in [-0.05, 0) is 43.2 Å². The van der Waals surface area contributed by atoms with Gasteiger partial charge in [0.2, 0.25) is 5.88 Å². The highest BCUT2D eigenvalue weighted by Crippen LogP contribution is 2.33. The molecule has 0 spiro atoms. The van der Waals surface area contributed by atoms with Crippen LogP contribution in [0.4, 0.5) is 17.2 Å². The molecule has 6 rings (SSSR count). The lowest BCUT2D eigenvalue weighted by molar-refractivity contribution is 0.122. The van der Waals surface area contributed by atoms with Crippen LogP contribution in [0.2, 0.25) is 0 Å². The van der Waals surface area contributed by atoms with E-state index in [4.69, 9.17) is 24.4 Å². The Hall–Kier alpha value is -3.72. The molecule has 0 unspecified atom stereocenters. The molecule has 4 heterocycles. The van der Waals surface area contributed by atoms with E-state index >= 15 is 0 Å². The second-order valence-corrected chi connectivity index (χ2v) is 9.37. The van der Waals surface area contributed by atoms with Gasteiger partial charge < -0.3 is 24.3 Å². The topological polar surface area (TPSA) is 90.2 Å². The van der Waals surface area contributed by atoms with Crippen molar-refractivity contribution in [3.8, 4) is 17.3 Å². The average molecular weight is 486 g/mol. The lowest BCUT2D eigenvalue weighted by Gasteiger charge is -2.28. The molecule has 0 atom stereocenters. The standard InChI is InChI=1S/C27H31N7O2/c1-35-23-12-7-19(17-28-23)25-31-26(24-27(32-25)34(18-29-24)22-5-3-2-4-6-22)30-20-8-10-21(11-9-20)33-13-15-36-16-14-33/h7-12,17-18,22H,2-6,13-16H2,1H3,(H,30,31,32). The number of pyridine rings is 1. The molecule has 36 heavy (non-hydrogen) atoms. The third-order valence-electron chi connectivity index (χ3n) is 7.10. The number of methoxy groups -OCH3 is 1. The summed E-state index contributed by atoms with van der Waals surface area (Å²) in [5, 5.41) is 3.51. The highest BCUT2D eigenvalue weighted by atomic mass is 16.5. The van der Waals surface area contributed by atoms with Gasteiger partial charge in [-0.3, -0.25) is 0 Å². The largest absolute Gasteiger partial charge is 0.481 e. The molecule has 1 saturated heterocycles. The zero-order chi connectivity index (χ0) is 24.3. The fraction of sp³-hybridized carbons (Fsp3) is 0.407. The van der Waals surface area contributed by atoms with E-state index in [9.17, 15) is 0 Å². The molecule has 4 aromatic rings. The number of hydrogen-bond acceptors (Lipinski definition) is 8. The second-order valence-electron chi connectivity index (χ2n) is 9.37. The van der Waals surface area contributed by atoms with E-state index in [-0.39, 0.29) is 0 Å². The molecule has 1 aromatic carbocycles. The highest BCUT2D eigenvalue weighted by molar-refractivity contribution is 5.87. The first-order valence-electron chi connectivity index (χ1n) is 12.7. The van der Waals surface area contributed by atoms with Gasteiger partial charge in [0, 0.05) is 48.3 Å². The van der Waals surface area contributed by atoms with E-state index in [1.54, 1.807) is 13.3 Å². The number of ether oxygens (including phenoxy) is 2. The van der Waals surface area contributed by atoms with Crippen LogP contribution in [0, 0.1) is 0 Å². The van der Waals surface area contributed by atoms with Crippen molar-refractivity contribution in [1.29, 1.82) is 0 Å². The number of morpholine rings is 1. The van der Waals surface area contributed by atoms with E-state index in [2.05, 4.69) is 44.0 Å². The summed E-state index contributed by atoms with van der Waals surface area (Å²) in [6.07, 6.45) is 9.77. The van der Waals surface area contributed by atoms with E-state index < -0.39 is 0 Å². The maximum absolute atomic E-state index is 5.48. The van der Waals surface area contributed by atoms with E-state index in [1.807, 2.05) is 18.5 Å². The Morgan fingerprint density at radius 2 is 1.75 bits per heavy atom. The summed E-state index contributed by atoms with van der Waals surface area (Å²) in [6.45, 7) is 3.37. The first-order chi connectivity index (χ1) is 17.8. The van der Waals surface area contributed by atoms with Gasteiger partial charge in [0.1, 0.15) is 0 Å². The van der Waals surface area contributed by atoms with E-state index in [0.29, 0.717) is 23.6 Å². The number of benzene rings is 1. The van der Waals surface area contributed by atoms with Gasteiger partial charge in [-0.1, -0.05) is 19.3 Å². The molecule has 1 N–H and O–H groups in total. The van der Waals surface area contributed by atoms with Crippen molar-refractivity contribution in [2.45, 2.75) is 38.1 Å². The van der Waals surface area contributed by atoms with Crippen LogP contribution in [0.25, 0.3) is 22.6 Å². The minimum absolute atomic E-state index is 0.418. The Morgan fingerprint density at radius 1 is 0.944 bits per heavy atom. The molecule has 0 amide bonds. The molecule has 0 bridgehead atoms. The first kappa shape index (κ1) is 22.7. The Labute approximate surface area is 210 Å². The van der Waals surface area contributed by atoms with Crippen LogP contribution in [0.5, 0.6) is 5.88 Å². The normalized spacial score (nSPS) is 16.9. The maximum atomic E-state index is 5.48. The van der Waals surface area contributed by atoms with Gasteiger partial charge in [-0.15, -0.1) is 0 Å². The predicted octanol–water partition coefficient (Wildman–Crippen LogP) is 4.98. The second kappa shape index (κ2) is 10.1. The van der Waals surface area contributed by atoms with Crippen LogP contribution in [-0.2, 0) is 4.74 Å². The highest BCUT2D eigenvalue weighted by Gasteiger charge is 2.21. The molecule has 186 valence electrons. The lowest BCUT2D eigenvalue weighted by atomic mass is 9.95. The molecule has 1 aliphatic heterocycles. The van der Waals surface area contributed by atoms with Crippen molar-refractivity contribution >= 4 is 28.4 Å². The smallest absolute Gasteiger partial charge is 0.212 e. The van der Waals surface area contributed by atoms with Crippen LogP contribution in [0.3, 0.4) is 0 Å². The van der Waals surface area contributed by atoms with Crippen LogP contribution in [0.1, 0.15) is 38.1 Å². The van der Waals surface area contributed by atoms with Crippen molar-refractivity contribution in [3.63, 3.8) is 0 Å². The molecular formula is C27H31N7O2. The summed E-state index contributed by atoms with van der Waals surface area (Å²) in [7, 11) is 1.61. The number of rotatable bonds is 6. The predicted molar refractivity (Wildman–Crippen MR) is 140 cm³/mol. The van der Waals surface area contributed by atoms with Gasteiger partial charge in [0.15, 0.2) is 22.8 Å². The van der Waals surface area contributed by atoms with Crippen LogP contribution >= 0.6 is 0 Å². The van der Waals surface area contributed by atoms with Crippen LogP contribution in [-0.4, -0.2) is 57.9 Å². The Balaban J connectivity index is 1.36. The van der Waals surface area contributed by atoms with Crippen molar-refractivity contribution in [3.05, 3.63) is 48.9 Å². The number of nitrogens with one attached hydrogen (secondary N) is 1. The zero-order valence-electron chi connectivity index (χ0n) is 20.6. The first-order valence-corrected chi connectivity index (χ1v) is 12.7. The summed E-state index contributed by atoms with van der Waals surface area (Å²) < 4.78 is 13.0. The number of nitrogens with zero attached hydrogens (tertiary/aromatic N) is 6. The molecule has 9 heteroatoms. The van der Waals surface area contributed by atoms with Crippen molar-refractivity contribution in [1.82, 2.24) is 24.5 Å². The monoisotopic (exact) mass is 485 g/mol. The molecule has 9 nitrogen and oxygen atoms in total. The Kier molecular flexibility index (Phi) is 6.38. The number of anilines is 3. The number of hydrogen-bond donors (Lipinski definition) is 1. The quantitative estimate of drug-likeness (QED) is 0.409. The maximum Gasteiger partial charge on any atom is 0.212 e. The average Bonchev–Trinajstić information content (AvgIpc) is 3.39. The third-order valence-corrected chi connectivity index (χ3v) is 7.10. The summed E-state index contributed by atoms with van der Waals surface area (Å²) in [5.41, 5.74) is 4.62. The third kappa shape index (κ3) is 4.58. The molecular weight excluding hydrogens is 454 g/mol. The minimum Gasteiger partial charge on any atom is -0.481 e. The van der Waals surface area contributed by atoms with E-state index in [0.717, 1.165) is 61.6 Å². The fourth-order valence-electron chi connectivity index (χ4n) is 5.11. The Bertz CT molecular complexity index is 1310. The van der Waals surface area contributed by atoms with Gasteiger partial charge in [-0.2, -0.15) is 0 Å². The van der Waals surface area contributed by atoms with Crippen LogP contribution < -0.4 is 15.0 Å². The molecule has 2 fully saturated rings. The number of imidazole rings is 1. The molecule has 1 aliphatic carbocycles. The summed E-state index contributed by atoms with van der Waals surface area (Å²) in [6, 6.07) is 12.6. The van der Waals surface area contributed by atoms with Crippen molar-refractivity contribution in [2.75, 3.05) is 43.6 Å². The number of fused-ring (bicyclic) bond motifs is 1. The fourth-order valence-corrected chi connectivity index (χ4v) is 5.11. The van der Waals surface area contributed by atoms with Gasteiger partial charge in [0.05, 0.1) is 26.7 Å². The van der Waals surface area contributed by atoms with Crippen LogP contribution in [0.15, 0.2) is 48.9 Å². The summed E-state index contributed by atoms with van der Waals surface area (Å²) >= 11 is 0. The van der Waals surface area contributed by atoms with Crippen molar-refractivity contribution < 1.29 is 9.47 Å². The molecule has 2 aliphatic rings. The molecule has 1 saturated carbocycles. The van der Waals surface area contributed by atoms with Crippen molar-refractivity contribution in [2.24, 2.45) is 0 Å². The lowest BCUT2D eigenvalue weighted by Crippen LogP contribution is -2.36. The van der Waals surface area contributed by atoms with Gasteiger partial charge in [-0.25, -0.2) is 19.9 Å². The van der Waals surface area contributed by atoms with Gasteiger partial charge in [0.25, 0.3) is 0 Å². The van der Waals surface area contributed by atoms with E-state index in [1.165, 1.54) is 24.9 Å². The SMILES string of the molecule is COc1ccc(-c2nc(Nc3ccc(N4CCOCC4)cc3)c3ncn(C4CCCCC4)c3n2)cn1. The summed E-state index contributed by atoms with van der Waals surface area (Å²) in [5.74, 6) is 1.87. The minimum atomic E-state index is 0.418.